The van der Waals surface area contributed by atoms with Gasteiger partial charge in [0, 0.05) is 41.1 Å². The van der Waals surface area contributed by atoms with Crippen molar-refractivity contribution in [2.75, 3.05) is 16.9 Å². The fraction of sp³-hybridized carbons (Fsp3) is 0.111. The predicted molar refractivity (Wildman–Crippen MR) is 102 cm³/mol. The number of amides is 2. The highest BCUT2D eigenvalue weighted by Crippen LogP contribution is 2.20. The normalized spacial score (nSPS) is 10.6. The van der Waals surface area contributed by atoms with Crippen LogP contribution in [-0.2, 0) is 7.05 Å². The van der Waals surface area contributed by atoms with E-state index in [1.807, 2.05) is 60.5 Å². The molecule has 0 aliphatic carbocycles. The van der Waals surface area contributed by atoms with Crippen molar-refractivity contribution in [1.29, 1.82) is 5.41 Å². The Morgan fingerprint density at radius 1 is 1.08 bits per heavy atom. The quantitative estimate of drug-likeness (QED) is 0.486. The number of aromatic nitrogens is 1. The van der Waals surface area contributed by atoms with Gasteiger partial charge in [-0.1, -0.05) is 12.1 Å². The van der Waals surface area contributed by atoms with E-state index in [1.165, 1.54) is 11.8 Å². The zero-order valence-electron chi connectivity index (χ0n) is 13.5. The minimum absolute atomic E-state index is 0.307. The first-order chi connectivity index (χ1) is 11.6. The van der Waals surface area contributed by atoms with Crippen LogP contribution in [0.1, 0.15) is 5.56 Å². The number of nitrogens with zero attached hydrogens (tertiary/aromatic N) is 1. The van der Waals surface area contributed by atoms with Crippen molar-refractivity contribution in [2.24, 2.45) is 7.05 Å². The van der Waals surface area contributed by atoms with Crippen LogP contribution in [0.25, 0.3) is 10.9 Å². The maximum atomic E-state index is 12.2. The van der Waals surface area contributed by atoms with Crippen molar-refractivity contribution in [3.05, 3.63) is 60.3 Å². The lowest BCUT2D eigenvalue weighted by molar-refractivity contribution is 0.262. The van der Waals surface area contributed by atoms with Crippen molar-refractivity contribution in [2.45, 2.75) is 0 Å². The summed E-state index contributed by atoms with van der Waals surface area (Å²) in [5, 5.41) is 15.0. The third-order valence-electron chi connectivity index (χ3n) is 3.73. The molecule has 3 N–H and O–H groups in total. The summed E-state index contributed by atoms with van der Waals surface area (Å²) < 4.78 is 2.03. The maximum absolute atomic E-state index is 12.2. The molecule has 2 amide bonds. The summed E-state index contributed by atoms with van der Waals surface area (Å²) in [5.74, 6) is 0. The highest BCUT2D eigenvalue weighted by Gasteiger charge is 2.06. The number of aryl methyl sites for hydroxylation is 1. The molecular formula is C18H18N4OS. The van der Waals surface area contributed by atoms with Crippen LogP contribution >= 0.6 is 11.8 Å². The van der Waals surface area contributed by atoms with Crippen LogP contribution in [0.3, 0.4) is 0 Å². The number of thioether (sulfide) groups is 1. The number of fused-ring (bicyclic) bond motifs is 1. The zero-order chi connectivity index (χ0) is 17.1. The van der Waals surface area contributed by atoms with Crippen molar-refractivity contribution < 1.29 is 4.79 Å². The van der Waals surface area contributed by atoms with E-state index < -0.39 is 0 Å². The van der Waals surface area contributed by atoms with E-state index >= 15 is 0 Å². The number of anilines is 2. The van der Waals surface area contributed by atoms with Gasteiger partial charge in [-0.3, -0.25) is 5.41 Å². The lowest BCUT2D eigenvalue weighted by Crippen LogP contribution is -2.19. The van der Waals surface area contributed by atoms with Gasteiger partial charge < -0.3 is 15.2 Å². The van der Waals surface area contributed by atoms with Gasteiger partial charge in [-0.15, -0.1) is 11.8 Å². The monoisotopic (exact) mass is 338 g/mol. The smallest absolute Gasteiger partial charge is 0.323 e. The minimum atomic E-state index is -0.307. The molecule has 3 aromatic rings. The number of rotatable bonds is 3. The summed E-state index contributed by atoms with van der Waals surface area (Å²) in [6.45, 7) is 0. The van der Waals surface area contributed by atoms with Crippen molar-refractivity contribution in [3.63, 3.8) is 0 Å². The average Bonchev–Trinajstić information content (AvgIpc) is 2.95. The molecule has 0 radical (unpaired) electrons. The summed E-state index contributed by atoms with van der Waals surface area (Å²) in [7, 11) is 1.99. The number of hydrogen-bond donors (Lipinski definition) is 3. The summed E-state index contributed by atoms with van der Waals surface area (Å²) in [6, 6.07) is 14.8. The van der Waals surface area contributed by atoms with E-state index in [-0.39, 0.29) is 6.03 Å². The maximum Gasteiger partial charge on any atom is 0.323 e. The van der Waals surface area contributed by atoms with Crippen molar-refractivity contribution in [1.82, 2.24) is 4.57 Å². The second-order valence-corrected chi connectivity index (χ2v) is 6.21. The van der Waals surface area contributed by atoms with Crippen LogP contribution < -0.4 is 10.6 Å². The Hall–Kier alpha value is -2.73. The molecule has 6 heteroatoms. The molecule has 0 atom stereocenters. The predicted octanol–water partition coefficient (Wildman–Crippen LogP) is 4.51. The number of carbonyl (C=O) groups is 1. The largest absolute Gasteiger partial charge is 0.351 e. The molecule has 0 saturated heterocycles. The van der Waals surface area contributed by atoms with Crippen LogP contribution in [0.2, 0.25) is 0 Å². The van der Waals surface area contributed by atoms with Gasteiger partial charge in [-0.2, -0.15) is 0 Å². The average molecular weight is 338 g/mol. The molecule has 2 aromatic carbocycles. The first-order valence-electron chi connectivity index (χ1n) is 7.43. The standard InChI is InChI=1S/C18H18N4OS/c1-22-9-8-12-10-15(6-7-16(12)22)21-18(23)20-14-5-3-4-13(11-14)17(19)24-2/h3-11,19H,1-2H3,(H2,20,21,23). The molecule has 0 aliphatic heterocycles. The van der Waals surface area contributed by atoms with Crippen LogP contribution in [0.5, 0.6) is 0 Å². The van der Waals surface area contributed by atoms with E-state index in [0.717, 1.165) is 22.2 Å². The Balaban J connectivity index is 1.71. The molecule has 0 aliphatic rings. The van der Waals surface area contributed by atoms with Gasteiger partial charge in [0.25, 0.3) is 0 Å². The molecule has 24 heavy (non-hydrogen) atoms. The number of urea groups is 1. The topological polar surface area (TPSA) is 69.9 Å². The Morgan fingerprint density at radius 3 is 2.58 bits per heavy atom. The molecule has 0 saturated carbocycles. The molecular weight excluding hydrogens is 320 g/mol. The fourth-order valence-electron chi connectivity index (χ4n) is 2.51. The SMILES string of the molecule is CSC(=N)c1cccc(NC(=O)Nc2ccc3c(ccn3C)c2)c1. The van der Waals surface area contributed by atoms with E-state index in [1.54, 1.807) is 12.1 Å². The molecule has 1 heterocycles. The molecule has 5 nitrogen and oxygen atoms in total. The summed E-state index contributed by atoms with van der Waals surface area (Å²) in [4.78, 5) is 12.2. The fourth-order valence-corrected chi connectivity index (χ4v) is 2.87. The Bertz CT molecular complexity index is 916. The van der Waals surface area contributed by atoms with E-state index in [4.69, 9.17) is 5.41 Å². The lowest BCUT2D eigenvalue weighted by Gasteiger charge is -2.09. The van der Waals surface area contributed by atoms with E-state index in [9.17, 15) is 4.79 Å². The van der Waals surface area contributed by atoms with Crippen LogP contribution in [-0.4, -0.2) is 21.9 Å². The number of benzene rings is 2. The molecule has 122 valence electrons. The first kappa shape index (κ1) is 16.1. The summed E-state index contributed by atoms with van der Waals surface area (Å²) in [6.07, 6.45) is 3.84. The van der Waals surface area contributed by atoms with Gasteiger partial charge in [-0.05, 0) is 42.7 Å². The van der Waals surface area contributed by atoms with Crippen LogP contribution in [0.15, 0.2) is 54.7 Å². The highest BCUT2D eigenvalue weighted by atomic mass is 32.2. The third-order valence-corrected chi connectivity index (χ3v) is 4.37. The van der Waals surface area contributed by atoms with Crippen molar-refractivity contribution in [3.8, 4) is 0 Å². The zero-order valence-corrected chi connectivity index (χ0v) is 14.3. The number of nitrogens with one attached hydrogen (secondary N) is 3. The first-order valence-corrected chi connectivity index (χ1v) is 8.65. The number of carbonyl (C=O) groups excluding carboxylic acids is 1. The third kappa shape index (κ3) is 3.44. The van der Waals surface area contributed by atoms with E-state index in [0.29, 0.717) is 10.7 Å². The van der Waals surface area contributed by atoms with Gasteiger partial charge in [-0.25, -0.2) is 4.79 Å². The molecule has 0 spiro atoms. The van der Waals surface area contributed by atoms with Gasteiger partial charge in [0.15, 0.2) is 0 Å². The second kappa shape index (κ2) is 6.80. The molecule has 3 rings (SSSR count). The Kier molecular flexibility index (Phi) is 4.57. The summed E-state index contributed by atoms with van der Waals surface area (Å²) in [5.41, 5.74) is 3.29. The van der Waals surface area contributed by atoms with Crippen LogP contribution in [0.4, 0.5) is 16.2 Å². The van der Waals surface area contributed by atoms with Crippen molar-refractivity contribution >= 4 is 45.1 Å². The molecule has 0 fully saturated rings. The van der Waals surface area contributed by atoms with Gasteiger partial charge in [0.1, 0.15) is 0 Å². The Morgan fingerprint density at radius 2 is 1.83 bits per heavy atom. The van der Waals surface area contributed by atoms with Gasteiger partial charge in [0.2, 0.25) is 0 Å². The van der Waals surface area contributed by atoms with E-state index in [2.05, 4.69) is 10.6 Å². The van der Waals surface area contributed by atoms with Gasteiger partial charge >= 0.3 is 6.03 Å². The lowest BCUT2D eigenvalue weighted by atomic mass is 10.2. The summed E-state index contributed by atoms with van der Waals surface area (Å²) >= 11 is 1.36. The Labute approximate surface area is 144 Å². The number of hydrogen-bond acceptors (Lipinski definition) is 3. The van der Waals surface area contributed by atoms with Gasteiger partial charge in [0.05, 0.1) is 5.04 Å². The second-order valence-electron chi connectivity index (χ2n) is 5.39. The highest BCUT2D eigenvalue weighted by molar-refractivity contribution is 8.13. The molecule has 1 aromatic heterocycles. The minimum Gasteiger partial charge on any atom is -0.351 e. The van der Waals surface area contributed by atoms with Crippen LogP contribution in [0, 0.1) is 5.41 Å². The molecule has 0 bridgehead atoms. The molecule has 0 unspecified atom stereocenters.